The lowest BCUT2D eigenvalue weighted by atomic mass is 10.1. The van der Waals surface area contributed by atoms with Crippen molar-refractivity contribution in [2.24, 2.45) is 9.98 Å². The van der Waals surface area contributed by atoms with E-state index in [9.17, 15) is 13.2 Å². The molecule has 0 saturated carbocycles. The molecule has 1 rings (SSSR count). The van der Waals surface area contributed by atoms with Crippen molar-refractivity contribution < 1.29 is 17.9 Å². The Balaban J connectivity index is 2.96. The molecule has 0 saturated heterocycles. The molecule has 0 fully saturated rings. The Morgan fingerprint density at radius 2 is 2.00 bits per heavy atom. The standard InChI is InChI=1S/C13H13F3N2O/c1-9(8-18-10(2)17-3)11-5-4-6-12(7-11)19-13(14,15)16/h4-8H,3H2,1-2H3/b9-8+,18-10?. The molecule has 0 atom stereocenters. The molecule has 0 aliphatic heterocycles. The van der Waals surface area contributed by atoms with E-state index in [1.165, 1.54) is 24.4 Å². The smallest absolute Gasteiger partial charge is 0.406 e. The average molecular weight is 270 g/mol. The fourth-order valence-corrected chi connectivity index (χ4v) is 1.24. The van der Waals surface area contributed by atoms with Crippen LogP contribution in [0.3, 0.4) is 0 Å². The molecule has 0 aliphatic rings. The normalized spacial score (nSPS) is 13.3. The van der Waals surface area contributed by atoms with E-state index in [-0.39, 0.29) is 5.75 Å². The Hall–Kier alpha value is -2.11. The molecule has 0 amide bonds. The van der Waals surface area contributed by atoms with Gasteiger partial charge in [-0.1, -0.05) is 12.1 Å². The topological polar surface area (TPSA) is 34.0 Å². The zero-order valence-electron chi connectivity index (χ0n) is 10.5. The molecule has 1 aromatic rings. The van der Waals surface area contributed by atoms with Crippen LogP contribution < -0.4 is 4.74 Å². The summed E-state index contributed by atoms with van der Waals surface area (Å²) in [5.41, 5.74) is 1.28. The van der Waals surface area contributed by atoms with Crippen molar-refractivity contribution in [2.75, 3.05) is 0 Å². The number of alkyl halides is 3. The van der Waals surface area contributed by atoms with Crippen LogP contribution in [0.4, 0.5) is 13.2 Å². The van der Waals surface area contributed by atoms with E-state index in [1.807, 2.05) is 0 Å². The van der Waals surface area contributed by atoms with Crippen LogP contribution in [0.5, 0.6) is 5.75 Å². The minimum absolute atomic E-state index is 0.264. The molecular formula is C13H13F3N2O. The highest BCUT2D eigenvalue weighted by atomic mass is 19.4. The van der Waals surface area contributed by atoms with Crippen LogP contribution in [0.15, 0.2) is 40.5 Å². The molecule has 0 aliphatic carbocycles. The first-order valence-corrected chi connectivity index (χ1v) is 5.36. The third-order valence-electron chi connectivity index (χ3n) is 2.20. The van der Waals surface area contributed by atoms with Gasteiger partial charge >= 0.3 is 6.36 Å². The molecule has 0 N–H and O–H groups in total. The number of hydrogen-bond donors (Lipinski definition) is 0. The second-order valence-corrected chi connectivity index (χ2v) is 3.72. The Morgan fingerprint density at radius 1 is 1.32 bits per heavy atom. The van der Waals surface area contributed by atoms with Crippen molar-refractivity contribution in [2.45, 2.75) is 20.2 Å². The summed E-state index contributed by atoms with van der Waals surface area (Å²) in [5.74, 6) is 0.211. The lowest BCUT2D eigenvalue weighted by molar-refractivity contribution is -0.274. The minimum Gasteiger partial charge on any atom is -0.406 e. The second-order valence-electron chi connectivity index (χ2n) is 3.72. The summed E-state index contributed by atoms with van der Waals surface area (Å²) >= 11 is 0. The number of ether oxygens (including phenoxy) is 1. The first-order valence-electron chi connectivity index (χ1n) is 5.36. The van der Waals surface area contributed by atoms with Gasteiger partial charge in [0.05, 0.1) is 0 Å². The number of aliphatic imine (C=N–C) groups is 2. The van der Waals surface area contributed by atoms with Gasteiger partial charge in [0.15, 0.2) is 0 Å². The highest BCUT2D eigenvalue weighted by molar-refractivity contribution is 5.85. The third kappa shape index (κ3) is 5.37. The van der Waals surface area contributed by atoms with Crippen molar-refractivity contribution in [3.05, 3.63) is 36.0 Å². The van der Waals surface area contributed by atoms with Crippen molar-refractivity contribution in [3.63, 3.8) is 0 Å². The highest BCUT2D eigenvalue weighted by Crippen LogP contribution is 2.25. The largest absolute Gasteiger partial charge is 0.573 e. The van der Waals surface area contributed by atoms with Crippen molar-refractivity contribution in [3.8, 4) is 5.75 Å². The van der Waals surface area contributed by atoms with Crippen molar-refractivity contribution in [1.29, 1.82) is 0 Å². The monoisotopic (exact) mass is 270 g/mol. The summed E-state index contributed by atoms with van der Waals surface area (Å²) in [6.07, 6.45) is -3.19. The van der Waals surface area contributed by atoms with E-state index in [0.717, 1.165) is 0 Å². The Morgan fingerprint density at radius 3 is 2.58 bits per heavy atom. The van der Waals surface area contributed by atoms with Gasteiger partial charge in [0, 0.05) is 6.20 Å². The molecule has 3 nitrogen and oxygen atoms in total. The quantitative estimate of drug-likeness (QED) is 0.602. The minimum atomic E-state index is -4.70. The second kappa shape index (κ2) is 6.17. The van der Waals surface area contributed by atoms with Gasteiger partial charge in [-0.05, 0) is 43.8 Å². The molecule has 0 spiro atoms. The van der Waals surface area contributed by atoms with Crippen LogP contribution in [0.25, 0.3) is 5.57 Å². The SMILES string of the molecule is C=NC(C)=N/C=C(\C)c1cccc(OC(F)(F)F)c1. The molecule has 102 valence electrons. The lowest BCUT2D eigenvalue weighted by Crippen LogP contribution is -2.17. The zero-order valence-corrected chi connectivity index (χ0v) is 10.5. The molecule has 19 heavy (non-hydrogen) atoms. The van der Waals surface area contributed by atoms with E-state index >= 15 is 0 Å². The molecule has 0 bridgehead atoms. The number of allylic oxidation sites excluding steroid dienone is 1. The van der Waals surface area contributed by atoms with Crippen LogP contribution in [-0.4, -0.2) is 18.9 Å². The van der Waals surface area contributed by atoms with E-state index < -0.39 is 6.36 Å². The Labute approximate surface area is 109 Å². The van der Waals surface area contributed by atoms with Crippen molar-refractivity contribution >= 4 is 18.1 Å². The number of nitrogens with zero attached hydrogens (tertiary/aromatic N) is 2. The maximum atomic E-state index is 12.1. The number of halogens is 3. The Bertz CT molecular complexity index is 519. The molecule has 0 aromatic heterocycles. The molecule has 0 heterocycles. The summed E-state index contributed by atoms with van der Waals surface area (Å²) in [6.45, 7) is 6.71. The van der Waals surface area contributed by atoms with E-state index in [2.05, 4.69) is 21.4 Å². The van der Waals surface area contributed by atoms with Crippen molar-refractivity contribution in [1.82, 2.24) is 0 Å². The number of rotatable bonds is 3. The summed E-state index contributed by atoms with van der Waals surface area (Å²) in [6, 6.07) is 5.69. The first-order chi connectivity index (χ1) is 8.81. The van der Waals surface area contributed by atoms with Gasteiger partial charge in [0.1, 0.15) is 11.6 Å². The zero-order chi connectivity index (χ0) is 14.5. The summed E-state index contributed by atoms with van der Waals surface area (Å²) in [4.78, 5) is 7.59. The molecule has 0 radical (unpaired) electrons. The van der Waals surface area contributed by atoms with Crippen LogP contribution in [-0.2, 0) is 0 Å². The average Bonchev–Trinajstić information content (AvgIpc) is 2.33. The maximum absolute atomic E-state index is 12.1. The van der Waals surface area contributed by atoms with Crippen LogP contribution in [0, 0.1) is 0 Å². The molecule has 0 unspecified atom stereocenters. The number of benzene rings is 1. The van der Waals surface area contributed by atoms with E-state index in [1.54, 1.807) is 19.9 Å². The Kier molecular flexibility index (Phi) is 4.86. The highest BCUT2D eigenvalue weighted by Gasteiger charge is 2.31. The lowest BCUT2D eigenvalue weighted by Gasteiger charge is -2.10. The van der Waals surface area contributed by atoms with Gasteiger partial charge in [-0.15, -0.1) is 13.2 Å². The van der Waals surface area contributed by atoms with Gasteiger partial charge in [0.25, 0.3) is 0 Å². The van der Waals surface area contributed by atoms with Gasteiger partial charge < -0.3 is 4.74 Å². The molecule has 1 aromatic carbocycles. The maximum Gasteiger partial charge on any atom is 0.573 e. The fourth-order valence-electron chi connectivity index (χ4n) is 1.24. The van der Waals surface area contributed by atoms with Crippen LogP contribution in [0.2, 0.25) is 0 Å². The fraction of sp³-hybridized carbons (Fsp3) is 0.231. The van der Waals surface area contributed by atoms with E-state index in [0.29, 0.717) is 17.0 Å². The van der Waals surface area contributed by atoms with E-state index in [4.69, 9.17) is 0 Å². The predicted octanol–water partition coefficient (Wildman–Crippen LogP) is 4.07. The van der Waals surface area contributed by atoms with Gasteiger partial charge in [-0.2, -0.15) is 0 Å². The number of hydrogen-bond acceptors (Lipinski definition) is 2. The predicted molar refractivity (Wildman–Crippen MR) is 69.4 cm³/mol. The van der Waals surface area contributed by atoms with Gasteiger partial charge in [-0.3, -0.25) is 0 Å². The van der Waals surface area contributed by atoms with Gasteiger partial charge in [0.2, 0.25) is 0 Å². The molecular weight excluding hydrogens is 257 g/mol. The number of amidine groups is 1. The first kappa shape index (κ1) is 14.9. The summed E-state index contributed by atoms with van der Waals surface area (Å²) in [5, 5.41) is 0. The molecule has 6 heteroatoms. The van der Waals surface area contributed by atoms with Crippen LogP contribution in [0.1, 0.15) is 19.4 Å². The summed E-state index contributed by atoms with van der Waals surface area (Å²) < 4.78 is 40.1. The van der Waals surface area contributed by atoms with Gasteiger partial charge in [-0.25, -0.2) is 9.98 Å². The third-order valence-corrected chi connectivity index (χ3v) is 2.20. The van der Waals surface area contributed by atoms with Crippen LogP contribution >= 0.6 is 0 Å². The summed E-state index contributed by atoms with van der Waals surface area (Å²) in [7, 11) is 0.